The molecule has 0 fully saturated rings. The summed E-state index contributed by atoms with van der Waals surface area (Å²) in [6.45, 7) is 0. The molecule has 7 nitrogen and oxygen atoms in total. The lowest BCUT2D eigenvalue weighted by Gasteiger charge is -2.06. The van der Waals surface area contributed by atoms with Crippen LogP contribution in [0.3, 0.4) is 0 Å². The van der Waals surface area contributed by atoms with Crippen molar-refractivity contribution in [1.29, 1.82) is 0 Å². The second kappa shape index (κ2) is 6.33. The molecule has 0 atom stereocenters. The number of carbonyl (C=O) groups is 2. The predicted molar refractivity (Wildman–Crippen MR) is 86.4 cm³/mol. The molecule has 0 aliphatic rings. The highest BCUT2D eigenvalue weighted by Crippen LogP contribution is 2.23. The van der Waals surface area contributed by atoms with Crippen LogP contribution in [-0.2, 0) is 14.3 Å². The van der Waals surface area contributed by atoms with Gasteiger partial charge in [0.15, 0.2) is 0 Å². The molecule has 0 bridgehead atoms. The lowest BCUT2D eigenvalue weighted by atomic mass is 10.1. The SMILES string of the molecule is COC(=O)C(=O)Nc1ccc2cc(-c3cccnc3)c(=O)oc2c1. The van der Waals surface area contributed by atoms with E-state index in [9.17, 15) is 14.4 Å². The van der Waals surface area contributed by atoms with Crippen LogP contribution in [0.15, 0.2) is 58.0 Å². The molecule has 120 valence electrons. The first-order valence-corrected chi connectivity index (χ1v) is 6.96. The van der Waals surface area contributed by atoms with Crippen LogP contribution in [0.5, 0.6) is 0 Å². The Labute approximate surface area is 135 Å². The molecule has 0 aliphatic heterocycles. The number of aromatic nitrogens is 1. The fourth-order valence-electron chi connectivity index (χ4n) is 2.19. The minimum Gasteiger partial charge on any atom is -0.462 e. The molecule has 24 heavy (non-hydrogen) atoms. The number of hydrogen-bond acceptors (Lipinski definition) is 6. The van der Waals surface area contributed by atoms with Crippen LogP contribution < -0.4 is 10.9 Å². The van der Waals surface area contributed by atoms with Crippen LogP contribution >= 0.6 is 0 Å². The molecule has 7 heteroatoms. The quantitative estimate of drug-likeness (QED) is 0.439. The number of carbonyl (C=O) groups excluding carboxylic acids is 2. The standard InChI is InChI=1S/C17H12N2O5/c1-23-17(22)15(20)19-12-5-4-10-7-13(11-3-2-6-18-9-11)16(21)24-14(10)8-12/h2-9H,1H3,(H,19,20). The van der Waals surface area contributed by atoms with Gasteiger partial charge < -0.3 is 14.5 Å². The Bertz CT molecular complexity index is 979. The Kier molecular flexibility index (Phi) is 4.07. The Morgan fingerprint density at radius 1 is 1.21 bits per heavy atom. The largest absolute Gasteiger partial charge is 0.462 e. The van der Waals surface area contributed by atoms with Crippen LogP contribution in [0.4, 0.5) is 5.69 Å². The van der Waals surface area contributed by atoms with E-state index in [0.717, 1.165) is 7.11 Å². The second-order valence-corrected chi connectivity index (χ2v) is 4.89. The van der Waals surface area contributed by atoms with Crippen LogP contribution in [-0.4, -0.2) is 24.0 Å². The van der Waals surface area contributed by atoms with E-state index in [4.69, 9.17) is 4.42 Å². The van der Waals surface area contributed by atoms with E-state index in [0.29, 0.717) is 22.2 Å². The molecule has 2 aromatic heterocycles. The first-order chi connectivity index (χ1) is 11.6. The summed E-state index contributed by atoms with van der Waals surface area (Å²) in [6, 6.07) is 9.90. The number of nitrogens with one attached hydrogen (secondary N) is 1. The number of methoxy groups -OCH3 is 1. The van der Waals surface area contributed by atoms with Gasteiger partial charge in [-0.15, -0.1) is 0 Å². The molecule has 0 saturated heterocycles. The van der Waals surface area contributed by atoms with Crippen molar-refractivity contribution in [3.05, 3.63) is 59.2 Å². The highest BCUT2D eigenvalue weighted by Gasteiger charge is 2.14. The summed E-state index contributed by atoms with van der Waals surface area (Å²) in [5.41, 5.74) is 1.12. The monoisotopic (exact) mass is 324 g/mol. The average molecular weight is 324 g/mol. The zero-order chi connectivity index (χ0) is 17.1. The van der Waals surface area contributed by atoms with Gasteiger partial charge in [0.05, 0.1) is 12.7 Å². The molecule has 0 unspecified atom stereocenters. The summed E-state index contributed by atoms with van der Waals surface area (Å²) < 4.78 is 9.63. The topological polar surface area (TPSA) is 98.5 Å². The molecule has 1 N–H and O–H groups in total. The fraction of sp³-hybridized carbons (Fsp3) is 0.0588. The molecule has 0 radical (unpaired) electrons. The number of hydrogen-bond donors (Lipinski definition) is 1. The molecule has 2 heterocycles. The van der Waals surface area contributed by atoms with Gasteiger partial charge in [-0.1, -0.05) is 6.07 Å². The third-order valence-corrected chi connectivity index (χ3v) is 3.34. The Balaban J connectivity index is 1.99. The van der Waals surface area contributed by atoms with Gasteiger partial charge in [-0.2, -0.15) is 0 Å². The maximum Gasteiger partial charge on any atom is 0.396 e. The van der Waals surface area contributed by atoms with E-state index in [1.165, 1.54) is 6.07 Å². The Morgan fingerprint density at radius 3 is 2.75 bits per heavy atom. The van der Waals surface area contributed by atoms with E-state index >= 15 is 0 Å². The highest BCUT2D eigenvalue weighted by molar-refractivity contribution is 6.37. The molecular formula is C17H12N2O5. The number of pyridine rings is 1. The minimum atomic E-state index is -1.01. The van der Waals surface area contributed by atoms with E-state index in [-0.39, 0.29) is 5.58 Å². The minimum absolute atomic E-state index is 0.287. The summed E-state index contributed by atoms with van der Waals surface area (Å²) in [7, 11) is 1.11. The fourth-order valence-corrected chi connectivity index (χ4v) is 2.19. The molecule has 0 spiro atoms. The normalized spacial score (nSPS) is 10.4. The van der Waals surface area contributed by atoms with E-state index in [1.54, 1.807) is 42.7 Å². The summed E-state index contributed by atoms with van der Waals surface area (Å²) >= 11 is 0. The number of benzene rings is 1. The average Bonchev–Trinajstić information content (AvgIpc) is 2.61. The summed E-state index contributed by atoms with van der Waals surface area (Å²) in [5, 5.41) is 3.04. The van der Waals surface area contributed by atoms with Crippen molar-refractivity contribution in [1.82, 2.24) is 4.98 Å². The van der Waals surface area contributed by atoms with E-state index < -0.39 is 17.5 Å². The van der Waals surface area contributed by atoms with Crippen LogP contribution in [0, 0.1) is 0 Å². The van der Waals surface area contributed by atoms with Gasteiger partial charge in [0, 0.05) is 35.1 Å². The van der Waals surface area contributed by atoms with Gasteiger partial charge in [0.25, 0.3) is 0 Å². The first kappa shape index (κ1) is 15.4. The van der Waals surface area contributed by atoms with Crippen molar-refractivity contribution in [2.24, 2.45) is 0 Å². The lowest BCUT2D eigenvalue weighted by molar-refractivity contribution is -0.150. The smallest absolute Gasteiger partial charge is 0.396 e. The number of anilines is 1. The van der Waals surface area contributed by atoms with Gasteiger partial charge in [0.2, 0.25) is 0 Å². The van der Waals surface area contributed by atoms with Crippen LogP contribution in [0.25, 0.3) is 22.1 Å². The molecule has 3 aromatic rings. The van der Waals surface area contributed by atoms with Crippen molar-refractivity contribution >= 4 is 28.5 Å². The Hall–Kier alpha value is -3.48. The van der Waals surface area contributed by atoms with Crippen molar-refractivity contribution in [2.45, 2.75) is 0 Å². The molecule has 0 saturated carbocycles. The van der Waals surface area contributed by atoms with Gasteiger partial charge in [-0.05, 0) is 24.3 Å². The number of ether oxygens (including phenoxy) is 1. The zero-order valence-electron chi connectivity index (χ0n) is 12.6. The van der Waals surface area contributed by atoms with Crippen molar-refractivity contribution in [2.75, 3.05) is 12.4 Å². The number of esters is 1. The van der Waals surface area contributed by atoms with Crippen LogP contribution in [0.1, 0.15) is 0 Å². The van der Waals surface area contributed by atoms with Crippen LogP contribution in [0.2, 0.25) is 0 Å². The van der Waals surface area contributed by atoms with Crippen molar-refractivity contribution in [3.63, 3.8) is 0 Å². The third kappa shape index (κ3) is 3.00. The number of nitrogens with zero attached hydrogens (tertiary/aromatic N) is 1. The summed E-state index contributed by atoms with van der Waals surface area (Å²) in [4.78, 5) is 38.8. The van der Waals surface area contributed by atoms with E-state index in [1.807, 2.05) is 0 Å². The molecule has 3 rings (SSSR count). The highest BCUT2D eigenvalue weighted by atomic mass is 16.5. The Morgan fingerprint density at radius 2 is 2.04 bits per heavy atom. The van der Waals surface area contributed by atoms with Gasteiger partial charge in [0.1, 0.15) is 5.58 Å². The van der Waals surface area contributed by atoms with Crippen molar-refractivity contribution < 1.29 is 18.7 Å². The maximum absolute atomic E-state index is 12.2. The molecule has 0 aliphatic carbocycles. The third-order valence-electron chi connectivity index (χ3n) is 3.34. The van der Waals surface area contributed by atoms with Crippen molar-refractivity contribution in [3.8, 4) is 11.1 Å². The summed E-state index contributed by atoms with van der Waals surface area (Å²) in [5.74, 6) is -1.92. The second-order valence-electron chi connectivity index (χ2n) is 4.89. The molecular weight excluding hydrogens is 312 g/mol. The van der Waals surface area contributed by atoms with Gasteiger partial charge >= 0.3 is 17.5 Å². The number of amides is 1. The molecule has 1 aromatic carbocycles. The maximum atomic E-state index is 12.2. The predicted octanol–water partition coefficient (Wildman–Crippen LogP) is 1.97. The number of fused-ring (bicyclic) bond motifs is 1. The zero-order valence-corrected chi connectivity index (χ0v) is 12.6. The number of rotatable bonds is 2. The summed E-state index contributed by atoms with van der Waals surface area (Å²) in [6.07, 6.45) is 3.19. The lowest BCUT2D eigenvalue weighted by Crippen LogP contribution is -2.23. The van der Waals surface area contributed by atoms with Gasteiger partial charge in [-0.3, -0.25) is 9.78 Å². The van der Waals surface area contributed by atoms with E-state index in [2.05, 4.69) is 15.0 Å². The van der Waals surface area contributed by atoms with Gasteiger partial charge in [-0.25, -0.2) is 9.59 Å². The molecule has 1 amide bonds. The first-order valence-electron chi connectivity index (χ1n) is 6.96.